The lowest BCUT2D eigenvalue weighted by molar-refractivity contribution is -0.138. The number of amides is 3. The van der Waals surface area contributed by atoms with Crippen molar-refractivity contribution in [2.45, 2.75) is 6.92 Å². The average Bonchev–Trinajstić information content (AvgIpc) is 3.28. The number of phenols is 1. The second-order valence-electron chi connectivity index (χ2n) is 8.49. The number of carbonyl (C=O) groups is 4. The van der Waals surface area contributed by atoms with Gasteiger partial charge in [-0.1, -0.05) is 36.0 Å². The SMILES string of the molecule is CCOC(=O)C1=C(O)/C(=C/c2ccc(OCCNC(=O)CNC(=O)CNC(=O)CN)c(O)c2)SC1=Nc1ccccc1. The monoisotopic (exact) mass is 597 g/mol. The number of nitrogens with one attached hydrogen (secondary N) is 3. The van der Waals surface area contributed by atoms with Gasteiger partial charge in [-0.05, 0) is 42.8 Å². The zero-order valence-corrected chi connectivity index (χ0v) is 23.5. The van der Waals surface area contributed by atoms with Crippen LogP contribution in [0.4, 0.5) is 5.69 Å². The van der Waals surface area contributed by atoms with Crippen LogP contribution in [0.15, 0.2) is 69.8 Å². The number of aliphatic hydroxyl groups excluding tert-OH is 1. The van der Waals surface area contributed by atoms with E-state index in [1.54, 1.807) is 43.3 Å². The van der Waals surface area contributed by atoms with Crippen molar-refractivity contribution in [3.8, 4) is 11.5 Å². The molecule has 0 aromatic heterocycles. The molecule has 0 aliphatic carbocycles. The fraction of sp³-hybridized carbons (Fsp3) is 0.250. The number of aromatic hydroxyl groups is 1. The van der Waals surface area contributed by atoms with E-state index in [4.69, 9.17) is 15.2 Å². The zero-order chi connectivity index (χ0) is 30.5. The molecule has 3 rings (SSSR count). The maximum absolute atomic E-state index is 12.6. The number of aliphatic hydroxyl groups is 1. The predicted molar refractivity (Wildman–Crippen MR) is 157 cm³/mol. The van der Waals surface area contributed by atoms with E-state index in [0.29, 0.717) is 16.2 Å². The van der Waals surface area contributed by atoms with Gasteiger partial charge in [-0.2, -0.15) is 0 Å². The van der Waals surface area contributed by atoms with Gasteiger partial charge < -0.3 is 41.4 Å². The van der Waals surface area contributed by atoms with Gasteiger partial charge in [0.25, 0.3) is 0 Å². The Morgan fingerprint density at radius 3 is 2.33 bits per heavy atom. The molecule has 0 spiro atoms. The van der Waals surface area contributed by atoms with Gasteiger partial charge in [0.15, 0.2) is 11.5 Å². The van der Waals surface area contributed by atoms with Crippen molar-refractivity contribution in [3.05, 3.63) is 70.3 Å². The third kappa shape index (κ3) is 9.38. The minimum Gasteiger partial charge on any atom is -0.506 e. The molecule has 0 atom stereocenters. The molecule has 1 heterocycles. The summed E-state index contributed by atoms with van der Waals surface area (Å²) < 4.78 is 10.6. The van der Waals surface area contributed by atoms with Crippen LogP contribution in [0, 0.1) is 0 Å². The maximum atomic E-state index is 12.6. The fourth-order valence-electron chi connectivity index (χ4n) is 3.42. The normalized spacial score (nSPS) is 14.5. The highest BCUT2D eigenvalue weighted by Gasteiger charge is 2.33. The van der Waals surface area contributed by atoms with Crippen molar-refractivity contribution < 1.29 is 38.9 Å². The molecule has 0 saturated carbocycles. The van der Waals surface area contributed by atoms with Crippen LogP contribution in [-0.2, 0) is 23.9 Å². The number of nitrogens with zero attached hydrogens (tertiary/aromatic N) is 1. The Labute approximate surface area is 245 Å². The number of carbonyl (C=O) groups excluding carboxylic acids is 4. The summed E-state index contributed by atoms with van der Waals surface area (Å²) in [7, 11) is 0. The first kappa shape index (κ1) is 31.7. The van der Waals surface area contributed by atoms with Crippen LogP contribution in [0.1, 0.15) is 12.5 Å². The molecule has 14 heteroatoms. The van der Waals surface area contributed by atoms with E-state index < -0.39 is 23.7 Å². The molecule has 0 radical (unpaired) electrons. The Bertz CT molecular complexity index is 1410. The van der Waals surface area contributed by atoms with Crippen LogP contribution in [0.25, 0.3) is 6.08 Å². The van der Waals surface area contributed by atoms with Crippen molar-refractivity contribution in [1.82, 2.24) is 16.0 Å². The summed E-state index contributed by atoms with van der Waals surface area (Å²) in [5, 5.41) is 28.8. The molecule has 7 N–H and O–H groups in total. The van der Waals surface area contributed by atoms with Gasteiger partial charge in [-0.25, -0.2) is 9.79 Å². The van der Waals surface area contributed by atoms with E-state index in [-0.39, 0.29) is 67.3 Å². The number of hydrogen-bond donors (Lipinski definition) is 6. The van der Waals surface area contributed by atoms with Gasteiger partial charge in [0.2, 0.25) is 17.7 Å². The Hall–Kier alpha value is -4.82. The van der Waals surface area contributed by atoms with Crippen molar-refractivity contribution in [1.29, 1.82) is 0 Å². The first-order valence-electron chi connectivity index (χ1n) is 12.8. The lowest BCUT2D eigenvalue weighted by Gasteiger charge is -2.10. The number of esters is 1. The summed E-state index contributed by atoms with van der Waals surface area (Å²) in [5.74, 6) is -2.50. The Balaban J connectivity index is 1.57. The van der Waals surface area contributed by atoms with Crippen molar-refractivity contribution in [2.75, 3.05) is 39.4 Å². The molecule has 13 nitrogen and oxygen atoms in total. The fourth-order valence-corrected chi connectivity index (χ4v) is 4.45. The van der Waals surface area contributed by atoms with Crippen LogP contribution in [0.5, 0.6) is 11.5 Å². The smallest absolute Gasteiger partial charge is 0.344 e. The third-order valence-electron chi connectivity index (χ3n) is 5.40. The molecule has 0 unspecified atom stereocenters. The minimum absolute atomic E-state index is 0.0296. The largest absolute Gasteiger partial charge is 0.506 e. The number of aliphatic imine (C=N–C) groups is 1. The first-order chi connectivity index (χ1) is 20.2. The van der Waals surface area contributed by atoms with E-state index in [1.807, 2.05) is 6.07 Å². The standard InChI is InChI=1S/C28H31N5O8S/c1-2-40-28(39)25-26(38)21(42-27(25)33-18-6-4-3-5-7-18)13-17-8-9-20(19(34)12-17)41-11-10-30-23(36)15-32-24(37)16-31-22(35)14-29/h3-9,12-13,34,38H,2,10-11,14-16,29H2,1H3,(H,30,36)(H,31,35)(H,32,37)/b21-13-,33-27?. The van der Waals surface area contributed by atoms with Crippen LogP contribution in [0.3, 0.4) is 0 Å². The predicted octanol–water partition coefficient (Wildman–Crippen LogP) is 1.27. The van der Waals surface area contributed by atoms with Crippen LogP contribution in [0.2, 0.25) is 0 Å². The molecule has 0 fully saturated rings. The first-order valence-corrected chi connectivity index (χ1v) is 13.6. The Morgan fingerprint density at radius 1 is 0.976 bits per heavy atom. The van der Waals surface area contributed by atoms with Crippen molar-refractivity contribution in [3.63, 3.8) is 0 Å². The highest BCUT2D eigenvalue weighted by atomic mass is 32.2. The van der Waals surface area contributed by atoms with Crippen LogP contribution in [-0.4, -0.2) is 78.3 Å². The molecule has 3 amide bonds. The second kappa shape index (κ2) is 15.8. The second-order valence-corrected chi connectivity index (χ2v) is 9.52. The number of para-hydroxylation sites is 1. The minimum atomic E-state index is -0.697. The summed E-state index contributed by atoms with van der Waals surface area (Å²) in [6.45, 7) is 1.10. The van der Waals surface area contributed by atoms with E-state index >= 15 is 0 Å². The lowest BCUT2D eigenvalue weighted by atomic mass is 10.1. The summed E-state index contributed by atoms with van der Waals surface area (Å²) in [5.41, 5.74) is 6.20. The number of benzene rings is 2. The third-order valence-corrected chi connectivity index (χ3v) is 6.42. The number of nitrogens with two attached hydrogens (primary N) is 1. The molecular weight excluding hydrogens is 566 g/mol. The average molecular weight is 598 g/mol. The van der Waals surface area contributed by atoms with Crippen molar-refractivity contribution in [2.24, 2.45) is 10.7 Å². The van der Waals surface area contributed by atoms with Gasteiger partial charge >= 0.3 is 5.97 Å². The molecule has 2 aromatic rings. The number of hydrogen-bond acceptors (Lipinski definition) is 11. The van der Waals surface area contributed by atoms with E-state index in [1.165, 1.54) is 12.1 Å². The summed E-state index contributed by atoms with van der Waals surface area (Å²) in [6, 6.07) is 13.6. The van der Waals surface area contributed by atoms with Gasteiger partial charge in [0.1, 0.15) is 23.0 Å². The summed E-state index contributed by atoms with van der Waals surface area (Å²) in [6.07, 6.45) is 1.59. The van der Waals surface area contributed by atoms with E-state index in [9.17, 15) is 29.4 Å². The quantitative estimate of drug-likeness (QED) is 0.144. The maximum Gasteiger partial charge on any atom is 0.344 e. The number of ether oxygens (including phenoxy) is 2. The number of phenolic OH excluding ortho intramolecular Hbond substituents is 1. The van der Waals surface area contributed by atoms with Gasteiger partial charge in [-0.15, -0.1) is 0 Å². The van der Waals surface area contributed by atoms with E-state index in [0.717, 1.165) is 11.8 Å². The molecular formula is C28H31N5O8S. The molecule has 222 valence electrons. The van der Waals surface area contributed by atoms with Crippen LogP contribution >= 0.6 is 11.8 Å². The van der Waals surface area contributed by atoms with Crippen LogP contribution < -0.4 is 26.4 Å². The van der Waals surface area contributed by atoms with Gasteiger partial charge in [0.05, 0.1) is 43.4 Å². The van der Waals surface area contributed by atoms with Gasteiger partial charge in [0, 0.05) is 0 Å². The van der Waals surface area contributed by atoms with E-state index in [2.05, 4.69) is 20.9 Å². The molecule has 1 aliphatic heterocycles. The molecule has 1 aliphatic rings. The topological polar surface area (TPSA) is 202 Å². The Kier molecular flexibility index (Phi) is 12.0. The summed E-state index contributed by atoms with van der Waals surface area (Å²) in [4.78, 5) is 51.9. The van der Waals surface area contributed by atoms with Gasteiger partial charge in [-0.3, -0.25) is 14.4 Å². The highest BCUT2D eigenvalue weighted by molar-refractivity contribution is 8.18. The highest BCUT2D eigenvalue weighted by Crippen LogP contribution is 2.40. The van der Waals surface area contributed by atoms with Crippen molar-refractivity contribution >= 4 is 52.3 Å². The number of thioether (sulfide) groups is 1. The molecule has 0 saturated heterocycles. The molecule has 0 bridgehead atoms. The molecule has 2 aromatic carbocycles. The summed E-state index contributed by atoms with van der Waals surface area (Å²) >= 11 is 1.09. The Morgan fingerprint density at radius 2 is 1.67 bits per heavy atom. The molecule has 42 heavy (non-hydrogen) atoms. The number of rotatable bonds is 13. The lowest BCUT2D eigenvalue weighted by Crippen LogP contribution is -2.43. The zero-order valence-electron chi connectivity index (χ0n) is 22.7.